The SMILES string of the molecule is C.C[C@@H](O)[C@H](NC(=O)c1ccc(Cn2ccnc2)cc1)C(=O)NO. The van der Waals surface area contributed by atoms with Crippen LogP contribution in [0, 0.1) is 0 Å². The van der Waals surface area contributed by atoms with E-state index in [1.807, 2.05) is 10.8 Å². The third-order valence-corrected chi connectivity index (χ3v) is 3.30. The van der Waals surface area contributed by atoms with Crippen molar-refractivity contribution in [1.29, 1.82) is 0 Å². The van der Waals surface area contributed by atoms with Gasteiger partial charge in [-0.3, -0.25) is 14.8 Å². The number of aliphatic hydroxyl groups excluding tert-OH is 1. The Kier molecular flexibility index (Phi) is 7.09. The maximum atomic E-state index is 12.1. The van der Waals surface area contributed by atoms with E-state index in [-0.39, 0.29) is 7.43 Å². The van der Waals surface area contributed by atoms with Gasteiger partial charge in [-0.25, -0.2) is 10.5 Å². The van der Waals surface area contributed by atoms with Gasteiger partial charge in [0.15, 0.2) is 0 Å². The first kappa shape index (κ1) is 19.3. The molecule has 24 heavy (non-hydrogen) atoms. The number of aliphatic hydroxyl groups is 1. The quantitative estimate of drug-likeness (QED) is 0.455. The highest BCUT2D eigenvalue weighted by atomic mass is 16.5. The van der Waals surface area contributed by atoms with Crippen molar-refractivity contribution in [1.82, 2.24) is 20.3 Å². The molecule has 2 aromatic rings. The molecule has 2 rings (SSSR count). The molecule has 0 spiro atoms. The number of amides is 2. The topological polar surface area (TPSA) is 116 Å². The van der Waals surface area contributed by atoms with Crippen LogP contribution >= 0.6 is 0 Å². The van der Waals surface area contributed by atoms with E-state index in [1.54, 1.807) is 36.8 Å². The number of benzene rings is 1. The lowest BCUT2D eigenvalue weighted by molar-refractivity contribution is -0.133. The van der Waals surface area contributed by atoms with Crippen molar-refractivity contribution in [3.8, 4) is 0 Å². The molecule has 0 fully saturated rings. The van der Waals surface area contributed by atoms with Crippen LogP contribution in [-0.2, 0) is 11.3 Å². The maximum Gasteiger partial charge on any atom is 0.268 e. The maximum absolute atomic E-state index is 12.1. The molecule has 0 aliphatic heterocycles. The zero-order chi connectivity index (χ0) is 16.8. The predicted octanol–water partition coefficient (Wildman–Crippen LogP) is 0.552. The highest BCUT2D eigenvalue weighted by Crippen LogP contribution is 2.07. The molecule has 4 N–H and O–H groups in total. The van der Waals surface area contributed by atoms with Crippen LogP contribution in [0.4, 0.5) is 0 Å². The number of carbonyl (C=O) groups excluding carboxylic acids is 2. The second-order valence-corrected chi connectivity index (χ2v) is 5.10. The summed E-state index contributed by atoms with van der Waals surface area (Å²) < 4.78 is 1.89. The van der Waals surface area contributed by atoms with Crippen molar-refractivity contribution in [2.24, 2.45) is 0 Å². The van der Waals surface area contributed by atoms with Crippen molar-refractivity contribution >= 4 is 11.8 Å². The first-order valence-electron chi connectivity index (χ1n) is 6.99. The summed E-state index contributed by atoms with van der Waals surface area (Å²) in [6.45, 7) is 1.97. The van der Waals surface area contributed by atoms with Crippen molar-refractivity contribution < 1.29 is 19.9 Å². The van der Waals surface area contributed by atoms with Gasteiger partial charge in [-0.15, -0.1) is 0 Å². The van der Waals surface area contributed by atoms with Crippen LogP contribution in [0.25, 0.3) is 0 Å². The third-order valence-electron chi connectivity index (χ3n) is 3.30. The van der Waals surface area contributed by atoms with Crippen LogP contribution in [0.5, 0.6) is 0 Å². The second-order valence-electron chi connectivity index (χ2n) is 5.10. The van der Waals surface area contributed by atoms with Crippen LogP contribution in [0.15, 0.2) is 43.0 Å². The van der Waals surface area contributed by atoms with Crippen molar-refractivity contribution in [3.63, 3.8) is 0 Å². The highest BCUT2D eigenvalue weighted by molar-refractivity contribution is 5.97. The fraction of sp³-hybridized carbons (Fsp3) is 0.312. The Morgan fingerprint density at radius 2 is 1.96 bits per heavy atom. The molecule has 2 amide bonds. The van der Waals surface area contributed by atoms with E-state index >= 15 is 0 Å². The number of hydrogen-bond acceptors (Lipinski definition) is 5. The fourth-order valence-electron chi connectivity index (χ4n) is 2.05. The van der Waals surface area contributed by atoms with E-state index in [2.05, 4.69) is 10.3 Å². The number of aromatic nitrogens is 2. The first-order chi connectivity index (χ1) is 11.0. The van der Waals surface area contributed by atoms with Gasteiger partial charge in [-0.2, -0.15) is 0 Å². The Bertz CT molecular complexity index is 653. The van der Waals surface area contributed by atoms with Gasteiger partial charge in [0.2, 0.25) is 0 Å². The van der Waals surface area contributed by atoms with Crippen molar-refractivity contribution in [2.45, 2.75) is 33.0 Å². The fourth-order valence-corrected chi connectivity index (χ4v) is 2.05. The Hall–Kier alpha value is -2.71. The van der Waals surface area contributed by atoms with Gasteiger partial charge in [0.1, 0.15) is 6.04 Å². The Balaban J connectivity index is 0.00000288. The molecular formula is C16H22N4O4. The molecule has 2 atom stereocenters. The summed E-state index contributed by atoms with van der Waals surface area (Å²) in [6.07, 6.45) is 4.07. The third kappa shape index (κ3) is 4.90. The van der Waals surface area contributed by atoms with Crippen LogP contribution in [0.2, 0.25) is 0 Å². The summed E-state index contributed by atoms with van der Waals surface area (Å²) in [7, 11) is 0. The summed E-state index contributed by atoms with van der Waals surface area (Å²) >= 11 is 0. The molecule has 1 heterocycles. The molecular weight excluding hydrogens is 312 g/mol. The summed E-state index contributed by atoms with van der Waals surface area (Å²) in [6, 6.07) is 5.59. The van der Waals surface area contributed by atoms with Crippen molar-refractivity contribution in [3.05, 3.63) is 54.1 Å². The van der Waals surface area contributed by atoms with E-state index in [9.17, 15) is 14.7 Å². The van der Waals surface area contributed by atoms with E-state index in [0.717, 1.165) is 5.56 Å². The van der Waals surface area contributed by atoms with Gasteiger partial charge in [0.05, 0.1) is 12.4 Å². The van der Waals surface area contributed by atoms with Gasteiger partial charge in [-0.1, -0.05) is 19.6 Å². The van der Waals surface area contributed by atoms with Crippen LogP contribution in [0.3, 0.4) is 0 Å². The number of rotatable bonds is 6. The minimum absolute atomic E-state index is 0. The number of hydrogen-bond donors (Lipinski definition) is 4. The predicted molar refractivity (Wildman–Crippen MR) is 87.4 cm³/mol. The molecule has 0 saturated carbocycles. The average molecular weight is 334 g/mol. The van der Waals surface area contributed by atoms with Gasteiger partial charge >= 0.3 is 0 Å². The Morgan fingerprint density at radius 3 is 2.46 bits per heavy atom. The van der Waals surface area contributed by atoms with E-state index < -0.39 is 24.0 Å². The number of nitrogens with one attached hydrogen (secondary N) is 2. The van der Waals surface area contributed by atoms with Gasteiger partial charge in [0, 0.05) is 24.5 Å². The number of carbonyl (C=O) groups is 2. The first-order valence-corrected chi connectivity index (χ1v) is 6.99. The summed E-state index contributed by atoms with van der Waals surface area (Å²) in [4.78, 5) is 27.5. The number of imidazole rings is 1. The Morgan fingerprint density at radius 1 is 1.29 bits per heavy atom. The zero-order valence-corrected chi connectivity index (χ0v) is 12.5. The smallest absolute Gasteiger partial charge is 0.268 e. The van der Waals surface area contributed by atoms with E-state index in [1.165, 1.54) is 12.4 Å². The lowest BCUT2D eigenvalue weighted by Crippen LogP contribution is -2.51. The minimum atomic E-state index is -1.24. The Labute approximate surface area is 140 Å². The van der Waals surface area contributed by atoms with Gasteiger partial charge in [-0.05, 0) is 24.6 Å². The molecule has 0 unspecified atom stereocenters. The van der Waals surface area contributed by atoms with Crippen molar-refractivity contribution in [2.75, 3.05) is 0 Å². The normalized spacial score (nSPS) is 12.6. The lowest BCUT2D eigenvalue weighted by atomic mass is 10.1. The number of hydroxylamine groups is 1. The number of nitrogens with zero attached hydrogens (tertiary/aromatic N) is 2. The summed E-state index contributed by atoms with van der Waals surface area (Å²) in [5.41, 5.74) is 2.74. The molecule has 1 aromatic carbocycles. The van der Waals surface area contributed by atoms with Crippen LogP contribution in [-0.4, -0.2) is 43.8 Å². The molecule has 8 nitrogen and oxygen atoms in total. The minimum Gasteiger partial charge on any atom is -0.391 e. The molecule has 0 bridgehead atoms. The molecule has 0 aliphatic carbocycles. The van der Waals surface area contributed by atoms with Gasteiger partial charge in [0.25, 0.3) is 11.8 Å². The molecule has 0 radical (unpaired) electrons. The van der Waals surface area contributed by atoms with E-state index in [4.69, 9.17) is 5.21 Å². The average Bonchev–Trinajstić information content (AvgIpc) is 3.05. The van der Waals surface area contributed by atoms with Crippen LogP contribution < -0.4 is 10.8 Å². The summed E-state index contributed by atoms with van der Waals surface area (Å²) in [5, 5.41) is 20.5. The molecule has 1 aromatic heterocycles. The molecule has 0 aliphatic rings. The van der Waals surface area contributed by atoms with E-state index in [0.29, 0.717) is 12.1 Å². The van der Waals surface area contributed by atoms with Crippen LogP contribution in [0.1, 0.15) is 30.3 Å². The summed E-state index contributed by atoms with van der Waals surface area (Å²) in [5.74, 6) is -1.40. The largest absolute Gasteiger partial charge is 0.391 e. The molecule has 0 saturated heterocycles. The standard InChI is InChI=1S/C15H18N4O4.CH4/c1-10(20)13(15(22)18-23)17-14(21)12-4-2-11(3-5-12)8-19-7-6-16-9-19;/h2-7,9-10,13,20,23H,8H2,1H3,(H,17,21)(H,18,22);1H4/t10-,13+;/m1./s1. The monoisotopic (exact) mass is 334 g/mol. The lowest BCUT2D eigenvalue weighted by Gasteiger charge is -2.19. The second kappa shape index (κ2) is 8.80. The zero-order valence-electron chi connectivity index (χ0n) is 12.5. The molecule has 130 valence electrons. The molecule has 8 heteroatoms. The highest BCUT2D eigenvalue weighted by Gasteiger charge is 2.25. The van der Waals surface area contributed by atoms with Gasteiger partial charge < -0.3 is 15.0 Å².